The number of nitrogens with zero attached hydrogens (tertiary/aromatic N) is 2. The molecule has 0 atom stereocenters. The predicted octanol–water partition coefficient (Wildman–Crippen LogP) is 5.28. The van der Waals surface area contributed by atoms with Crippen LogP contribution in [0.1, 0.15) is 56.5 Å². The van der Waals surface area contributed by atoms with Crippen molar-refractivity contribution in [2.24, 2.45) is 5.41 Å². The third kappa shape index (κ3) is 9.13. The van der Waals surface area contributed by atoms with Gasteiger partial charge in [0.2, 0.25) is 11.8 Å². The summed E-state index contributed by atoms with van der Waals surface area (Å²) in [7, 11) is 0. The van der Waals surface area contributed by atoms with Gasteiger partial charge in [-0.3, -0.25) is 9.59 Å². The van der Waals surface area contributed by atoms with Gasteiger partial charge in [-0.05, 0) is 48.3 Å². The van der Waals surface area contributed by atoms with Gasteiger partial charge >= 0.3 is 0 Å². The molecule has 1 aromatic carbocycles. The van der Waals surface area contributed by atoms with Crippen molar-refractivity contribution in [1.29, 1.82) is 0 Å². The number of benzene rings is 1. The maximum atomic E-state index is 13.5. The van der Waals surface area contributed by atoms with E-state index in [1.165, 1.54) is 10.4 Å². The second-order valence-corrected chi connectivity index (χ2v) is 10.4. The van der Waals surface area contributed by atoms with Crippen LogP contribution in [0.15, 0.2) is 41.8 Å². The van der Waals surface area contributed by atoms with Crippen molar-refractivity contribution in [3.05, 3.63) is 57.8 Å². The van der Waals surface area contributed by atoms with Crippen LogP contribution < -0.4 is 0 Å². The summed E-state index contributed by atoms with van der Waals surface area (Å²) in [5.74, 6) is -0.00497. The Hall–Kier alpha value is -2.18. The summed E-state index contributed by atoms with van der Waals surface area (Å²) in [5.41, 5.74) is 2.15. The molecule has 0 saturated heterocycles. The first kappa shape index (κ1) is 26.1. The molecule has 1 heterocycles. The molecular formula is C26H38N2O3S. The van der Waals surface area contributed by atoms with E-state index in [1.807, 2.05) is 62.9 Å². The molecule has 0 unspecified atom stereocenters. The van der Waals surface area contributed by atoms with E-state index in [1.54, 1.807) is 16.2 Å². The van der Waals surface area contributed by atoms with Gasteiger partial charge in [-0.1, -0.05) is 51.1 Å². The van der Waals surface area contributed by atoms with Crippen molar-refractivity contribution in [1.82, 2.24) is 9.80 Å². The zero-order chi connectivity index (χ0) is 23.6. The van der Waals surface area contributed by atoms with Gasteiger partial charge in [0.05, 0.1) is 13.1 Å². The Kier molecular flexibility index (Phi) is 10.4. The number of rotatable bonds is 12. The molecule has 0 aliphatic rings. The number of amides is 2. The largest absolute Gasteiger partial charge is 0.382 e. The summed E-state index contributed by atoms with van der Waals surface area (Å²) < 4.78 is 5.45. The monoisotopic (exact) mass is 458 g/mol. The van der Waals surface area contributed by atoms with Crippen LogP contribution in [0.2, 0.25) is 0 Å². The van der Waals surface area contributed by atoms with Crippen LogP contribution in [-0.2, 0) is 27.4 Å². The highest BCUT2D eigenvalue weighted by molar-refractivity contribution is 7.10. The number of carbonyl (C=O) groups excluding carboxylic acids is 2. The first-order valence-corrected chi connectivity index (χ1v) is 12.3. The highest BCUT2D eigenvalue weighted by Crippen LogP contribution is 2.22. The zero-order valence-electron chi connectivity index (χ0n) is 20.2. The van der Waals surface area contributed by atoms with Crippen LogP contribution in [0.3, 0.4) is 0 Å². The molecule has 0 aliphatic heterocycles. The van der Waals surface area contributed by atoms with Crippen LogP contribution in [-0.4, -0.2) is 47.9 Å². The molecule has 0 bridgehead atoms. The van der Waals surface area contributed by atoms with Gasteiger partial charge in [-0.2, -0.15) is 0 Å². The number of thiophene rings is 1. The number of aryl methyl sites for hydroxylation is 1. The molecule has 2 rings (SSSR count). The molecule has 32 heavy (non-hydrogen) atoms. The standard InChI is InChI=1S/C26H38N2O3S/c1-6-31-15-10-14-27(24(29)17-26(3,4)5)20-25(30)28(18-22-11-8-7-9-12-22)19-23-21(2)13-16-32-23/h7-9,11-13,16H,6,10,14-15,17-20H2,1-5H3. The Morgan fingerprint density at radius 1 is 1.00 bits per heavy atom. The third-order valence-electron chi connectivity index (χ3n) is 5.15. The third-order valence-corrected chi connectivity index (χ3v) is 6.16. The van der Waals surface area contributed by atoms with Crippen LogP contribution in [0.5, 0.6) is 0 Å². The topological polar surface area (TPSA) is 49.9 Å². The van der Waals surface area contributed by atoms with Crippen molar-refractivity contribution in [3.8, 4) is 0 Å². The van der Waals surface area contributed by atoms with Gasteiger partial charge in [0, 0.05) is 37.6 Å². The summed E-state index contributed by atoms with van der Waals surface area (Å²) in [6, 6.07) is 12.1. The van der Waals surface area contributed by atoms with Gasteiger partial charge < -0.3 is 14.5 Å². The fourth-order valence-corrected chi connectivity index (χ4v) is 4.32. The lowest BCUT2D eigenvalue weighted by molar-refractivity contribution is -0.142. The minimum atomic E-state index is -0.129. The van der Waals surface area contributed by atoms with Crippen molar-refractivity contribution in [2.75, 3.05) is 26.3 Å². The van der Waals surface area contributed by atoms with Crippen molar-refractivity contribution in [3.63, 3.8) is 0 Å². The Morgan fingerprint density at radius 2 is 1.72 bits per heavy atom. The summed E-state index contributed by atoms with van der Waals surface area (Å²) >= 11 is 1.67. The Bertz CT molecular complexity index is 842. The van der Waals surface area contributed by atoms with E-state index >= 15 is 0 Å². The minimum Gasteiger partial charge on any atom is -0.382 e. The lowest BCUT2D eigenvalue weighted by Crippen LogP contribution is -2.44. The van der Waals surface area contributed by atoms with E-state index in [-0.39, 0.29) is 23.8 Å². The number of carbonyl (C=O) groups is 2. The lowest BCUT2D eigenvalue weighted by atomic mass is 9.91. The summed E-state index contributed by atoms with van der Waals surface area (Å²) in [6.07, 6.45) is 1.14. The lowest BCUT2D eigenvalue weighted by Gasteiger charge is -2.30. The SMILES string of the molecule is CCOCCCN(CC(=O)N(Cc1ccccc1)Cc1sccc1C)C(=O)CC(C)(C)C. The maximum absolute atomic E-state index is 13.5. The highest BCUT2D eigenvalue weighted by atomic mass is 32.1. The Balaban J connectivity index is 2.16. The maximum Gasteiger partial charge on any atom is 0.242 e. The number of ether oxygens (including phenoxy) is 1. The molecule has 0 N–H and O–H groups in total. The van der Waals surface area contributed by atoms with Gasteiger partial charge in [0.1, 0.15) is 0 Å². The van der Waals surface area contributed by atoms with E-state index in [2.05, 4.69) is 18.4 Å². The average Bonchev–Trinajstić information content (AvgIpc) is 3.13. The van der Waals surface area contributed by atoms with Crippen molar-refractivity contribution < 1.29 is 14.3 Å². The molecule has 2 aromatic rings. The highest BCUT2D eigenvalue weighted by Gasteiger charge is 2.25. The normalized spacial score (nSPS) is 11.4. The van der Waals surface area contributed by atoms with E-state index in [9.17, 15) is 9.59 Å². The van der Waals surface area contributed by atoms with Gasteiger partial charge in [-0.15, -0.1) is 11.3 Å². The number of hydrogen-bond donors (Lipinski definition) is 0. The smallest absolute Gasteiger partial charge is 0.242 e. The predicted molar refractivity (Wildman–Crippen MR) is 132 cm³/mol. The van der Waals surface area contributed by atoms with Crippen LogP contribution in [0.25, 0.3) is 0 Å². The first-order chi connectivity index (χ1) is 15.2. The first-order valence-electron chi connectivity index (χ1n) is 11.4. The molecule has 0 saturated carbocycles. The molecule has 176 valence electrons. The minimum absolute atomic E-state index is 0.0225. The second kappa shape index (κ2) is 12.8. The Morgan fingerprint density at radius 3 is 2.31 bits per heavy atom. The van der Waals surface area contributed by atoms with E-state index in [4.69, 9.17) is 4.74 Å². The van der Waals surface area contributed by atoms with E-state index in [0.717, 1.165) is 12.0 Å². The summed E-state index contributed by atoms with van der Waals surface area (Å²) in [4.78, 5) is 31.2. The van der Waals surface area contributed by atoms with Gasteiger partial charge in [0.25, 0.3) is 0 Å². The number of hydrogen-bond acceptors (Lipinski definition) is 4. The summed E-state index contributed by atoms with van der Waals surface area (Å²) in [5, 5.41) is 2.06. The quantitative estimate of drug-likeness (QED) is 0.407. The Labute approximate surface area is 197 Å². The van der Waals surface area contributed by atoms with Crippen LogP contribution in [0, 0.1) is 12.3 Å². The van der Waals surface area contributed by atoms with Crippen molar-refractivity contribution >= 4 is 23.2 Å². The van der Waals surface area contributed by atoms with Crippen LogP contribution >= 0.6 is 11.3 Å². The van der Waals surface area contributed by atoms with Gasteiger partial charge in [-0.25, -0.2) is 0 Å². The van der Waals surface area contributed by atoms with Gasteiger partial charge in [0.15, 0.2) is 0 Å². The molecule has 0 radical (unpaired) electrons. The molecule has 5 nitrogen and oxygen atoms in total. The molecular weight excluding hydrogens is 420 g/mol. The summed E-state index contributed by atoms with van der Waals surface area (Å²) in [6.45, 7) is 13.1. The zero-order valence-corrected chi connectivity index (χ0v) is 21.0. The molecule has 0 spiro atoms. The molecule has 0 aliphatic carbocycles. The fraction of sp³-hybridized carbons (Fsp3) is 0.538. The van der Waals surface area contributed by atoms with Crippen LogP contribution in [0.4, 0.5) is 0 Å². The van der Waals surface area contributed by atoms with E-state index in [0.29, 0.717) is 39.3 Å². The van der Waals surface area contributed by atoms with E-state index < -0.39 is 0 Å². The molecule has 1 aromatic heterocycles. The van der Waals surface area contributed by atoms with Crippen molar-refractivity contribution in [2.45, 2.75) is 60.5 Å². The second-order valence-electron chi connectivity index (χ2n) is 9.37. The average molecular weight is 459 g/mol. The molecule has 2 amide bonds. The molecule has 0 fully saturated rings. The molecule has 6 heteroatoms. The fourth-order valence-electron chi connectivity index (χ4n) is 3.40.